The predicted octanol–water partition coefficient (Wildman–Crippen LogP) is 20.6. The molecule has 404 valence electrons. The second-order valence-corrected chi connectivity index (χ2v) is 21.8. The fourth-order valence-corrected chi connectivity index (χ4v) is 9.63. The molecule has 0 fully saturated rings. The summed E-state index contributed by atoms with van der Waals surface area (Å²) in [6, 6.07) is 0. The molecule has 0 radical (unpaired) electrons. The minimum absolute atomic E-state index is 0.0613. The zero-order valence-electron chi connectivity index (χ0n) is 46.6. The van der Waals surface area contributed by atoms with Crippen molar-refractivity contribution in [1.29, 1.82) is 0 Å². The number of ether oxygens (including phenoxy) is 3. The maximum atomic E-state index is 12.9. The third kappa shape index (κ3) is 55.3. The molecule has 0 aromatic heterocycles. The third-order valence-electron chi connectivity index (χ3n) is 14.3. The van der Waals surface area contributed by atoms with Crippen LogP contribution in [0.25, 0.3) is 0 Å². The van der Waals surface area contributed by atoms with Crippen LogP contribution in [0.1, 0.15) is 355 Å². The lowest BCUT2D eigenvalue weighted by Crippen LogP contribution is -2.30. The normalized spacial score (nSPS) is 12.0. The number of rotatable bonds is 57. The summed E-state index contributed by atoms with van der Waals surface area (Å²) in [6.45, 7) is 9.08. The maximum absolute atomic E-state index is 12.9. The highest BCUT2D eigenvalue weighted by molar-refractivity contribution is 5.71. The summed E-state index contributed by atoms with van der Waals surface area (Å²) in [5.41, 5.74) is 0. The van der Waals surface area contributed by atoms with E-state index < -0.39 is 6.10 Å². The first-order valence-electron chi connectivity index (χ1n) is 30.9. The van der Waals surface area contributed by atoms with E-state index in [4.69, 9.17) is 14.2 Å². The van der Waals surface area contributed by atoms with Gasteiger partial charge >= 0.3 is 17.9 Å². The molecule has 6 heteroatoms. The molecule has 0 aliphatic carbocycles. The van der Waals surface area contributed by atoms with Gasteiger partial charge in [0.2, 0.25) is 0 Å². The Hall–Kier alpha value is -1.59. The van der Waals surface area contributed by atoms with E-state index in [2.05, 4.69) is 27.7 Å². The van der Waals surface area contributed by atoms with E-state index in [0.717, 1.165) is 63.7 Å². The van der Waals surface area contributed by atoms with Gasteiger partial charge in [-0.2, -0.15) is 0 Å². The highest BCUT2D eigenvalue weighted by Gasteiger charge is 2.19. The Labute approximate surface area is 425 Å². The smallest absolute Gasteiger partial charge is 0.306 e. The first kappa shape index (κ1) is 66.4. The van der Waals surface area contributed by atoms with Crippen molar-refractivity contribution in [3.8, 4) is 0 Å². The van der Waals surface area contributed by atoms with E-state index in [1.165, 1.54) is 250 Å². The molecule has 0 N–H and O–H groups in total. The molecular weight excluding hydrogens is 841 g/mol. The Morgan fingerprint density at radius 3 is 0.721 bits per heavy atom. The first-order chi connectivity index (χ1) is 33.4. The van der Waals surface area contributed by atoms with Gasteiger partial charge in [0.15, 0.2) is 6.10 Å². The minimum atomic E-state index is -0.762. The summed E-state index contributed by atoms with van der Waals surface area (Å²) in [5, 5.41) is 0. The van der Waals surface area contributed by atoms with Crippen molar-refractivity contribution in [3.05, 3.63) is 0 Å². The van der Waals surface area contributed by atoms with Crippen LogP contribution in [0.2, 0.25) is 0 Å². The molecule has 0 bridgehead atoms. The Kier molecular flexibility index (Phi) is 55.0. The molecule has 0 aliphatic heterocycles. The van der Waals surface area contributed by atoms with Gasteiger partial charge in [-0.3, -0.25) is 14.4 Å². The second kappa shape index (κ2) is 56.3. The van der Waals surface area contributed by atoms with Gasteiger partial charge in [-0.05, 0) is 25.2 Å². The summed E-state index contributed by atoms with van der Waals surface area (Å²) in [5.74, 6) is 0.0145. The average molecular weight is 962 g/mol. The van der Waals surface area contributed by atoms with E-state index >= 15 is 0 Å². The molecule has 0 saturated carbocycles. The summed E-state index contributed by atoms with van der Waals surface area (Å²) < 4.78 is 16.9. The van der Waals surface area contributed by atoms with Gasteiger partial charge in [-0.25, -0.2) is 0 Å². The van der Waals surface area contributed by atoms with Crippen molar-refractivity contribution in [2.45, 2.75) is 361 Å². The van der Waals surface area contributed by atoms with Gasteiger partial charge in [0, 0.05) is 19.3 Å². The van der Waals surface area contributed by atoms with Crippen molar-refractivity contribution in [1.82, 2.24) is 0 Å². The lowest BCUT2D eigenvalue weighted by molar-refractivity contribution is -0.167. The molecule has 0 saturated heterocycles. The summed E-state index contributed by atoms with van der Waals surface area (Å²) in [6.07, 6.45) is 62.4. The molecule has 0 rings (SSSR count). The highest BCUT2D eigenvalue weighted by atomic mass is 16.6. The van der Waals surface area contributed by atoms with Gasteiger partial charge in [0.25, 0.3) is 0 Å². The number of unbranched alkanes of at least 4 members (excludes halogenated alkanes) is 44. The second-order valence-electron chi connectivity index (χ2n) is 21.8. The van der Waals surface area contributed by atoms with Crippen molar-refractivity contribution in [2.24, 2.45) is 5.92 Å². The number of esters is 3. The molecule has 0 aromatic carbocycles. The molecular formula is C62H120O6. The van der Waals surface area contributed by atoms with Crippen LogP contribution in [0, 0.1) is 5.92 Å². The molecule has 0 unspecified atom stereocenters. The molecule has 0 aliphatic rings. The maximum Gasteiger partial charge on any atom is 0.306 e. The molecule has 0 spiro atoms. The van der Waals surface area contributed by atoms with Gasteiger partial charge < -0.3 is 14.2 Å². The van der Waals surface area contributed by atoms with E-state index in [1.54, 1.807) is 0 Å². The molecule has 1 atom stereocenters. The van der Waals surface area contributed by atoms with Crippen LogP contribution in [0.3, 0.4) is 0 Å². The van der Waals surface area contributed by atoms with Crippen LogP contribution in [-0.2, 0) is 28.6 Å². The molecule has 68 heavy (non-hydrogen) atoms. The average Bonchev–Trinajstić information content (AvgIpc) is 3.32. The van der Waals surface area contributed by atoms with Crippen LogP contribution in [-0.4, -0.2) is 37.2 Å². The third-order valence-corrected chi connectivity index (χ3v) is 14.3. The van der Waals surface area contributed by atoms with Gasteiger partial charge in [-0.1, -0.05) is 317 Å². The molecule has 6 nitrogen and oxygen atoms in total. The van der Waals surface area contributed by atoms with E-state index in [0.29, 0.717) is 19.3 Å². The quantitative estimate of drug-likeness (QED) is 0.0343. The molecule has 0 amide bonds. The standard InChI is InChI=1S/C62H120O6/c1-5-7-9-11-13-15-17-19-21-22-23-24-25-30-33-37-41-45-49-53-60(63)66-56-59(68-62(65)55-51-47-43-39-35-29-20-18-16-14-12-10-8-6-2)57-67-61(64)54-50-46-42-38-34-31-27-26-28-32-36-40-44-48-52-58(3)4/h58-59H,5-57H2,1-4H3/t59-/m0/s1. The largest absolute Gasteiger partial charge is 0.462 e. The fraction of sp³-hybridized carbons (Fsp3) is 0.952. The lowest BCUT2D eigenvalue weighted by Gasteiger charge is -2.18. The number of hydrogen-bond donors (Lipinski definition) is 0. The topological polar surface area (TPSA) is 78.9 Å². The molecule has 0 heterocycles. The zero-order valence-corrected chi connectivity index (χ0v) is 46.6. The van der Waals surface area contributed by atoms with Crippen LogP contribution in [0.15, 0.2) is 0 Å². The Balaban J connectivity index is 4.26. The Morgan fingerprint density at radius 2 is 0.485 bits per heavy atom. The molecule has 0 aromatic rings. The van der Waals surface area contributed by atoms with E-state index in [1.807, 2.05) is 0 Å². The van der Waals surface area contributed by atoms with Crippen molar-refractivity contribution in [2.75, 3.05) is 13.2 Å². The van der Waals surface area contributed by atoms with Gasteiger partial charge in [0.05, 0.1) is 0 Å². The minimum Gasteiger partial charge on any atom is -0.462 e. The predicted molar refractivity (Wildman–Crippen MR) is 293 cm³/mol. The van der Waals surface area contributed by atoms with E-state index in [-0.39, 0.29) is 31.1 Å². The van der Waals surface area contributed by atoms with Gasteiger partial charge in [0.1, 0.15) is 13.2 Å². The Bertz CT molecular complexity index is 1030. The van der Waals surface area contributed by atoms with Crippen molar-refractivity contribution >= 4 is 17.9 Å². The number of carbonyl (C=O) groups is 3. The summed E-state index contributed by atoms with van der Waals surface area (Å²) in [7, 11) is 0. The summed E-state index contributed by atoms with van der Waals surface area (Å²) >= 11 is 0. The Morgan fingerprint density at radius 1 is 0.279 bits per heavy atom. The number of hydrogen-bond acceptors (Lipinski definition) is 6. The van der Waals surface area contributed by atoms with Gasteiger partial charge in [-0.15, -0.1) is 0 Å². The van der Waals surface area contributed by atoms with Crippen LogP contribution in [0.5, 0.6) is 0 Å². The van der Waals surface area contributed by atoms with Crippen molar-refractivity contribution < 1.29 is 28.6 Å². The van der Waals surface area contributed by atoms with E-state index in [9.17, 15) is 14.4 Å². The van der Waals surface area contributed by atoms with Crippen LogP contribution < -0.4 is 0 Å². The highest BCUT2D eigenvalue weighted by Crippen LogP contribution is 2.18. The lowest BCUT2D eigenvalue weighted by atomic mass is 10.0. The fourth-order valence-electron chi connectivity index (χ4n) is 9.63. The summed E-state index contributed by atoms with van der Waals surface area (Å²) in [4.78, 5) is 38.2. The zero-order chi connectivity index (χ0) is 49.5. The van der Waals surface area contributed by atoms with Crippen LogP contribution in [0.4, 0.5) is 0 Å². The van der Waals surface area contributed by atoms with Crippen LogP contribution >= 0.6 is 0 Å². The monoisotopic (exact) mass is 961 g/mol. The first-order valence-corrected chi connectivity index (χ1v) is 30.9. The SMILES string of the molecule is CCCCCCCCCCCCCCCCCCCCCC(=O)OC[C@@H](COC(=O)CCCCCCCCCCCCCCCCC(C)C)OC(=O)CCCCCCCCCCCCCCCC. The number of carbonyl (C=O) groups excluding carboxylic acids is 3. The van der Waals surface area contributed by atoms with Crippen molar-refractivity contribution in [3.63, 3.8) is 0 Å².